The van der Waals surface area contributed by atoms with Crippen molar-refractivity contribution in [2.75, 3.05) is 0 Å². The predicted molar refractivity (Wildman–Crippen MR) is 66.2 cm³/mol. The molecule has 0 N–H and O–H groups in total. The number of rotatable bonds is 3. The molecule has 1 fully saturated rings. The molecule has 0 amide bonds. The standard InChI is InChI=1S/C13H18N2S/c1-10-3-5-13(7-10,8-14)6-4-12-11(2)15-9-16-12/h9-10H,3-7H2,1-2H3. The summed E-state index contributed by atoms with van der Waals surface area (Å²) in [4.78, 5) is 5.62. The van der Waals surface area contributed by atoms with Gasteiger partial charge in [-0.1, -0.05) is 6.92 Å². The van der Waals surface area contributed by atoms with Crippen molar-refractivity contribution in [1.29, 1.82) is 5.26 Å². The van der Waals surface area contributed by atoms with Gasteiger partial charge in [-0.3, -0.25) is 0 Å². The second-order valence-electron chi connectivity index (χ2n) is 5.10. The Hall–Kier alpha value is -0.880. The molecule has 2 rings (SSSR count). The molecule has 0 saturated heterocycles. The van der Waals surface area contributed by atoms with E-state index in [9.17, 15) is 5.26 Å². The van der Waals surface area contributed by atoms with Gasteiger partial charge in [0.15, 0.2) is 0 Å². The van der Waals surface area contributed by atoms with Crippen molar-refractivity contribution in [3.63, 3.8) is 0 Å². The zero-order valence-corrected chi connectivity index (χ0v) is 10.8. The summed E-state index contributed by atoms with van der Waals surface area (Å²) in [5, 5.41) is 9.37. The quantitative estimate of drug-likeness (QED) is 0.799. The van der Waals surface area contributed by atoms with Crippen LogP contribution in [0.25, 0.3) is 0 Å². The second kappa shape index (κ2) is 4.55. The smallest absolute Gasteiger partial charge is 0.0797 e. The van der Waals surface area contributed by atoms with Crippen LogP contribution in [0.4, 0.5) is 0 Å². The van der Waals surface area contributed by atoms with Crippen molar-refractivity contribution in [2.45, 2.75) is 46.0 Å². The average Bonchev–Trinajstić information content (AvgIpc) is 2.83. The molecular formula is C13H18N2S. The van der Waals surface area contributed by atoms with Crippen molar-refractivity contribution in [1.82, 2.24) is 4.98 Å². The van der Waals surface area contributed by atoms with E-state index in [4.69, 9.17) is 0 Å². The first-order valence-corrected chi connectivity index (χ1v) is 6.83. The number of hydrogen-bond acceptors (Lipinski definition) is 3. The van der Waals surface area contributed by atoms with Crippen molar-refractivity contribution >= 4 is 11.3 Å². The third-order valence-corrected chi connectivity index (χ3v) is 4.76. The fourth-order valence-electron chi connectivity index (χ4n) is 2.70. The van der Waals surface area contributed by atoms with Gasteiger partial charge in [0.2, 0.25) is 0 Å². The first-order valence-electron chi connectivity index (χ1n) is 5.95. The molecule has 2 unspecified atom stereocenters. The van der Waals surface area contributed by atoms with Gasteiger partial charge >= 0.3 is 0 Å². The monoisotopic (exact) mass is 234 g/mol. The molecule has 86 valence electrons. The number of hydrogen-bond donors (Lipinski definition) is 0. The molecule has 1 aromatic heterocycles. The van der Waals surface area contributed by atoms with Crippen LogP contribution < -0.4 is 0 Å². The third-order valence-electron chi connectivity index (χ3n) is 3.77. The van der Waals surface area contributed by atoms with E-state index in [1.54, 1.807) is 11.3 Å². The van der Waals surface area contributed by atoms with Crippen LogP contribution in [0, 0.1) is 29.6 Å². The number of aromatic nitrogens is 1. The van der Waals surface area contributed by atoms with Crippen LogP contribution in [0.1, 0.15) is 43.2 Å². The van der Waals surface area contributed by atoms with E-state index >= 15 is 0 Å². The molecule has 16 heavy (non-hydrogen) atoms. The maximum atomic E-state index is 9.37. The van der Waals surface area contributed by atoms with Crippen LogP contribution in [0.2, 0.25) is 0 Å². The Morgan fingerprint density at radius 2 is 2.50 bits per heavy atom. The summed E-state index contributed by atoms with van der Waals surface area (Å²) in [6.07, 6.45) is 5.42. The van der Waals surface area contributed by atoms with E-state index in [1.165, 1.54) is 11.3 Å². The Kier molecular flexibility index (Phi) is 3.30. The van der Waals surface area contributed by atoms with Crippen LogP contribution >= 0.6 is 11.3 Å². The number of aryl methyl sites for hydroxylation is 2. The maximum Gasteiger partial charge on any atom is 0.0797 e. The van der Waals surface area contributed by atoms with E-state index in [0.717, 1.165) is 37.3 Å². The highest BCUT2D eigenvalue weighted by Gasteiger charge is 2.37. The third kappa shape index (κ3) is 2.27. The highest BCUT2D eigenvalue weighted by atomic mass is 32.1. The summed E-state index contributed by atoms with van der Waals surface area (Å²) in [7, 11) is 0. The SMILES string of the molecule is Cc1ncsc1CCC1(C#N)CCC(C)C1. The van der Waals surface area contributed by atoms with E-state index in [0.29, 0.717) is 0 Å². The Morgan fingerprint density at radius 1 is 1.69 bits per heavy atom. The molecule has 1 saturated carbocycles. The summed E-state index contributed by atoms with van der Waals surface area (Å²) in [5.41, 5.74) is 3.00. The lowest BCUT2D eigenvalue weighted by atomic mass is 9.82. The van der Waals surface area contributed by atoms with E-state index in [1.807, 2.05) is 5.51 Å². The minimum absolute atomic E-state index is 0.0458. The van der Waals surface area contributed by atoms with E-state index in [-0.39, 0.29) is 5.41 Å². The molecule has 0 bridgehead atoms. The highest BCUT2D eigenvalue weighted by Crippen LogP contribution is 2.44. The van der Waals surface area contributed by atoms with Gasteiger partial charge in [-0.15, -0.1) is 11.3 Å². The molecule has 1 heterocycles. The molecule has 0 radical (unpaired) electrons. The van der Waals surface area contributed by atoms with E-state index in [2.05, 4.69) is 24.9 Å². The number of thiazole rings is 1. The maximum absolute atomic E-state index is 9.37. The van der Waals surface area contributed by atoms with Crippen LogP contribution in [0.5, 0.6) is 0 Å². The van der Waals surface area contributed by atoms with Crippen molar-refractivity contribution in [3.8, 4) is 6.07 Å². The highest BCUT2D eigenvalue weighted by molar-refractivity contribution is 7.09. The molecule has 0 spiro atoms. The second-order valence-corrected chi connectivity index (χ2v) is 6.04. The van der Waals surface area contributed by atoms with Gasteiger partial charge in [0.1, 0.15) is 0 Å². The Balaban J connectivity index is 1.99. The molecular weight excluding hydrogens is 216 g/mol. The van der Waals surface area contributed by atoms with Gasteiger partial charge in [-0.25, -0.2) is 4.98 Å². The first kappa shape index (κ1) is 11.6. The minimum Gasteiger partial charge on any atom is -0.250 e. The number of nitriles is 1. The Morgan fingerprint density at radius 3 is 3.00 bits per heavy atom. The summed E-state index contributed by atoms with van der Waals surface area (Å²) < 4.78 is 0. The van der Waals surface area contributed by atoms with Crippen molar-refractivity contribution < 1.29 is 0 Å². The normalized spacial score (nSPS) is 29.2. The molecule has 1 aliphatic rings. The minimum atomic E-state index is -0.0458. The van der Waals surface area contributed by atoms with Crippen LogP contribution in [-0.2, 0) is 6.42 Å². The van der Waals surface area contributed by atoms with Gasteiger partial charge in [-0.2, -0.15) is 5.26 Å². The predicted octanol–water partition coefficient (Wildman–Crippen LogP) is 3.71. The summed E-state index contributed by atoms with van der Waals surface area (Å²) in [6, 6.07) is 2.57. The summed E-state index contributed by atoms with van der Waals surface area (Å²) >= 11 is 1.72. The van der Waals surface area contributed by atoms with Crippen molar-refractivity contribution in [2.24, 2.45) is 11.3 Å². The largest absolute Gasteiger partial charge is 0.250 e. The van der Waals surface area contributed by atoms with E-state index < -0.39 is 0 Å². The molecule has 1 aromatic rings. The number of nitrogens with zero attached hydrogens (tertiary/aromatic N) is 2. The Labute approximate surface area is 101 Å². The molecule has 2 atom stereocenters. The molecule has 0 aliphatic heterocycles. The fourth-order valence-corrected chi connectivity index (χ4v) is 3.48. The van der Waals surface area contributed by atoms with Crippen LogP contribution in [0.15, 0.2) is 5.51 Å². The summed E-state index contributed by atoms with van der Waals surface area (Å²) in [5.74, 6) is 0.724. The van der Waals surface area contributed by atoms with Gasteiger partial charge in [0.25, 0.3) is 0 Å². The Bertz CT molecular complexity index is 404. The topological polar surface area (TPSA) is 36.7 Å². The lowest BCUT2D eigenvalue weighted by Crippen LogP contribution is -2.15. The van der Waals surface area contributed by atoms with Gasteiger partial charge < -0.3 is 0 Å². The fraction of sp³-hybridized carbons (Fsp3) is 0.692. The van der Waals surface area contributed by atoms with Crippen LogP contribution in [0.3, 0.4) is 0 Å². The van der Waals surface area contributed by atoms with Crippen molar-refractivity contribution in [3.05, 3.63) is 16.1 Å². The molecule has 1 aliphatic carbocycles. The molecule has 3 heteroatoms. The molecule has 0 aromatic carbocycles. The van der Waals surface area contributed by atoms with Gasteiger partial charge in [0, 0.05) is 4.88 Å². The first-order chi connectivity index (χ1) is 7.65. The lowest BCUT2D eigenvalue weighted by molar-refractivity contribution is 0.364. The van der Waals surface area contributed by atoms with Gasteiger partial charge in [-0.05, 0) is 44.9 Å². The van der Waals surface area contributed by atoms with Crippen LogP contribution in [-0.4, -0.2) is 4.98 Å². The zero-order chi connectivity index (χ0) is 11.6. The summed E-state index contributed by atoms with van der Waals surface area (Å²) in [6.45, 7) is 4.32. The van der Waals surface area contributed by atoms with Gasteiger partial charge in [0.05, 0.1) is 22.7 Å². The molecule has 2 nitrogen and oxygen atoms in total. The average molecular weight is 234 g/mol. The zero-order valence-electron chi connectivity index (χ0n) is 9.99. The lowest BCUT2D eigenvalue weighted by Gasteiger charge is -2.19.